The van der Waals surface area contributed by atoms with Crippen LogP contribution in [0.3, 0.4) is 0 Å². The number of nitriles is 1. The molecule has 0 aromatic heterocycles. The van der Waals surface area contributed by atoms with Crippen LogP contribution in [0.5, 0.6) is 11.5 Å². The Labute approximate surface area is 119 Å². The first-order valence-corrected chi connectivity index (χ1v) is 6.67. The zero-order valence-corrected chi connectivity index (χ0v) is 11.5. The minimum absolute atomic E-state index is 0.457. The van der Waals surface area contributed by atoms with E-state index in [4.69, 9.17) is 14.7 Å². The molecule has 2 aromatic rings. The molecule has 0 heterocycles. The number of benzene rings is 2. The van der Waals surface area contributed by atoms with Gasteiger partial charge in [-0.15, -0.1) is 0 Å². The van der Waals surface area contributed by atoms with Crippen molar-refractivity contribution in [2.75, 3.05) is 6.61 Å². The van der Waals surface area contributed by atoms with Crippen molar-refractivity contribution in [3.05, 3.63) is 59.7 Å². The Morgan fingerprint density at radius 1 is 0.950 bits per heavy atom. The van der Waals surface area contributed by atoms with Gasteiger partial charge in [0, 0.05) is 0 Å². The van der Waals surface area contributed by atoms with Crippen molar-refractivity contribution in [2.24, 2.45) is 0 Å². The lowest BCUT2D eigenvalue weighted by Crippen LogP contribution is -2.00. The van der Waals surface area contributed by atoms with Crippen LogP contribution in [0.25, 0.3) is 0 Å². The van der Waals surface area contributed by atoms with Gasteiger partial charge in [-0.2, -0.15) is 5.26 Å². The van der Waals surface area contributed by atoms with E-state index < -0.39 is 0 Å². The average molecular weight is 267 g/mol. The molecule has 3 heteroatoms. The van der Waals surface area contributed by atoms with Gasteiger partial charge in [-0.3, -0.25) is 0 Å². The van der Waals surface area contributed by atoms with Crippen LogP contribution in [0.2, 0.25) is 0 Å². The zero-order valence-electron chi connectivity index (χ0n) is 11.5. The Bertz CT molecular complexity index is 585. The van der Waals surface area contributed by atoms with Crippen LogP contribution in [0.15, 0.2) is 48.5 Å². The van der Waals surface area contributed by atoms with Gasteiger partial charge >= 0.3 is 0 Å². The summed E-state index contributed by atoms with van der Waals surface area (Å²) in [6, 6.07) is 17.1. The third kappa shape index (κ3) is 3.76. The molecule has 0 N–H and O–H groups in total. The van der Waals surface area contributed by atoms with Crippen molar-refractivity contribution in [1.82, 2.24) is 0 Å². The third-order valence-electron chi connectivity index (χ3n) is 2.79. The maximum Gasteiger partial charge on any atom is 0.161 e. The van der Waals surface area contributed by atoms with Crippen molar-refractivity contribution in [3.8, 4) is 17.6 Å². The largest absolute Gasteiger partial charge is 0.490 e. The van der Waals surface area contributed by atoms with Crippen LogP contribution in [-0.4, -0.2) is 6.61 Å². The molecule has 3 nitrogen and oxygen atoms in total. The Balaban J connectivity index is 2.01. The summed E-state index contributed by atoms with van der Waals surface area (Å²) in [4.78, 5) is 0. The van der Waals surface area contributed by atoms with Crippen LogP contribution in [0, 0.1) is 11.3 Å². The Morgan fingerprint density at radius 3 is 2.20 bits per heavy atom. The molecule has 0 spiro atoms. The Kier molecular flexibility index (Phi) is 5.02. The molecule has 2 rings (SSSR count). The lowest BCUT2D eigenvalue weighted by atomic mass is 10.1. The molecule has 0 aliphatic rings. The fourth-order valence-electron chi connectivity index (χ4n) is 1.74. The van der Waals surface area contributed by atoms with E-state index in [0.29, 0.717) is 18.8 Å². The maximum absolute atomic E-state index is 8.76. The summed E-state index contributed by atoms with van der Waals surface area (Å²) in [7, 11) is 0. The highest BCUT2D eigenvalue weighted by Gasteiger charge is 2.04. The van der Waals surface area contributed by atoms with E-state index in [2.05, 4.69) is 13.0 Å². The van der Waals surface area contributed by atoms with E-state index in [1.54, 1.807) is 12.1 Å². The molecule has 0 bridgehead atoms. The summed E-state index contributed by atoms with van der Waals surface area (Å²) in [6.45, 7) is 3.20. The van der Waals surface area contributed by atoms with Gasteiger partial charge in [0.2, 0.25) is 0 Å². The number of hydrogen-bond donors (Lipinski definition) is 0. The number of rotatable bonds is 6. The standard InChI is InChI=1S/C17H17NO2/c1-2-11-19-16-5-3-4-6-17(16)20-13-15-9-7-14(12-18)8-10-15/h3-10H,2,11,13H2,1H3. The summed E-state index contributed by atoms with van der Waals surface area (Å²) in [5.41, 5.74) is 1.68. The summed E-state index contributed by atoms with van der Waals surface area (Å²) < 4.78 is 11.4. The lowest BCUT2D eigenvalue weighted by Gasteiger charge is -2.12. The van der Waals surface area contributed by atoms with Crippen LogP contribution < -0.4 is 9.47 Å². The minimum atomic E-state index is 0.457. The van der Waals surface area contributed by atoms with E-state index in [9.17, 15) is 0 Å². The zero-order chi connectivity index (χ0) is 14.2. The third-order valence-corrected chi connectivity index (χ3v) is 2.79. The van der Waals surface area contributed by atoms with E-state index in [1.165, 1.54) is 0 Å². The van der Waals surface area contributed by atoms with Crippen LogP contribution in [0.4, 0.5) is 0 Å². The molecule has 0 amide bonds. The predicted molar refractivity (Wildman–Crippen MR) is 77.7 cm³/mol. The molecule has 0 atom stereocenters. The van der Waals surface area contributed by atoms with Crippen molar-refractivity contribution in [3.63, 3.8) is 0 Å². The Morgan fingerprint density at radius 2 is 1.60 bits per heavy atom. The van der Waals surface area contributed by atoms with E-state index >= 15 is 0 Å². The highest BCUT2D eigenvalue weighted by molar-refractivity contribution is 5.39. The van der Waals surface area contributed by atoms with Gasteiger partial charge in [0.15, 0.2) is 11.5 Å². The smallest absolute Gasteiger partial charge is 0.161 e. The molecule has 0 unspecified atom stereocenters. The highest BCUT2D eigenvalue weighted by atomic mass is 16.5. The second-order valence-electron chi connectivity index (χ2n) is 4.39. The molecular weight excluding hydrogens is 250 g/mol. The summed E-state index contributed by atoms with van der Waals surface area (Å²) in [6.07, 6.45) is 0.962. The van der Waals surface area contributed by atoms with Gasteiger partial charge in [-0.25, -0.2) is 0 Å². The fraction of sp³-hybridized carbons (Fsp3) is 0.235. The number of ether oxygens (including phenoxy) is 2. The van der Waals surface area contributed by atoms with E-state index in [0.717, 1.165) is 23.5 Å². The summed E-state index contributed by atoms with van der Waals surface area (Å²) >= 11 is 0. The summed E-state index contributed by atoms with van der Waals surface area (Å²) in [5.74, 6) is 1.51. The second kappa shape index (κ2) is 7.20. The second-order valence-corrected chi connectivity index (χ2v) is 4.39. The fourth-order valence-corrected chi connectivity index (χ4v) is 1.74. The monoisotopic (exact) mass is 267 g/mol. The normalized spacial score (nSPS) is 9.80. The molecular formula is C17H17NO2. The van der Waals surface area contributed by atoms with Gasteiger partial charge < -0.3 is 9.47 Å². The topological polar surface area (TPSA) is 42.2 Å². The molecule has 0 aliphatic carbocycles. The van der Waals surface area contributed by atoms with Gasteiger partial charge in [0.1, 0.15) is 6.61 Å². The number of nitrogens with zero attached hydrogens (tertiary/aromatic N) is 1. The van der Waals surface area contributed by atoms with Crippen LogP contribution in [0.1, 0.15) is 24.5 Å². The SMILES string of the molecule is CCCOc1ccccc1OCc1ccc(C#N)cc1. The minimum Gasteiger partial charge on any atom is -0.490 e. The van der Waals surface area contributed by atoms with Gasteiger partial charge in [-0.1, -0.05) is 31.2 Å². The molecule has 20 heavy (non-hydrogen) atoms. The first-order valence-electron chi connectivity index (χ1n) is 6.67. The quantitative estimate of drug-likeness (QED) is 0.796. The Hall–Kier alpha value is -2.47. The highest BCUT2D eigenvalue weighted by Crippen LogP contribution is 2.27. The van der Waals surface area contributed by atoms with Crippen molar-refractivity contribution in [1.29, 1.82) is 5.26 Å². The summed E-state index contributed by atoms with van der Waals surface area (Å²) in [5, 5.41) is 8.76. The first-order chi connectivity index (χ1) is 9.83. The molecule has 0 saturated heterocycles. The predicted octanol–water partition coefficient (Wildman–Crippen LogP) is 3.93. The molecule has 2 aromatic carbocycles. The maximum atomic E-state index is 8.76. The van der Waals surface area contributed by atoms with Gasteiger partial charge in [0.05, 0.1) is 18.2 Å². The molecule has 0 aliphatic heterocycles. The number of hydrogen-bond acceptors (Lipinski definition) is 3. The first kappa shape index (κ1) is 14.0. The van der Waals surface area contributed by atoms with E-state index in [1.807, 2.05) is 36.4 Å². The molecule has 102 valence electrons. The molecule has 0 radical (unpaired) electrons. The van der Waals surface area contributed by atoms with Crippen molar-refractivity contribution >= 4 is 0 Å². The van der Waals surface area contributed by atoms with Crippen molar-refractivity contribution in [2.45, 2.75) is 20.0 Å². The lowest BCUT2D eigenvalue weighted by molar-refractivity contribution is 0.262. The van der Waals surface area contributed by atoms with Gasteiger partial charge in [-0.05, 0) is 36.2 Å². The average Bonchev–Trinajstić information content (AvgIpc) is 2.52. The van der Waals surface area contributed by atoms with Gasteiger partial charge in [0.25, 0.3) is 0 Å². The van der Waals surface area contributed by atoms with Crippen LogP contribution >= 0.6 is 0 Å². The van der Waals surface area contributed by atoms with Crippen LogP contribution in [-0.2, 0) is 6.61 Å². The molecule has 0 fully saturated rings. The van der Waals surface area contributed by atoms with E-state index in [-0.39, 0.29) is 0 Å². The number of para-hydroxylation sites is 2. The molecule has 0 saturated carbocycles. The van der Waals surface area contributed by atoms with Crippen molar-refractivity contribution < 1.29 is 9.47 Å².